The van der Waals surface area contributed by atoms with Crippen molar-refractivity contribution in [1.82, 2.24) is 14.7 Å². The molecular weight excluding hydrogens is 284 g/mol. The summed E-state index contributed by atoms with van der Waals surface area (Å²) >= 11 is 5.61. The van der Waals surface area contributed by atoms with Gasteiger partial charge in [-0.2, -0.15) is 8.42 Å². The first kappa shape index (κ1) is 14.5. The summed E-state index contributed by atoms with van der Waals surface area (Å²) in [6.45, 7) is 3.17. The van der Waals surface area contributed by atoms with Crippen LogP contribution in [0.3, 0.4) is 0 Å². The SMILES string of the molecule is CC(C)OC(=O)NS(=O)(=O)Nc1nccnc1Cl. The molecule has 1 aromatic heterocycles. The highest BCUT2D eigenvalue weighted by atomic mass is 35.5. The lowest BCUT2D eigenvalue weighted by Crippen LogP contribution is -2.37. The van der Waals surface area contributed by atoms with Crippen LogP contribution < -0.4 is 9.44 Å². The molecule has 100 valence electrons. The van der Waals surface area contributed by atoms with E-state index < -0.39 is 22.4 Å². The molecule has 0 aliphatic carbocycles. The lowest BCUT2D eigenvalue weighted by atomic mass is 10.5. The van der Waals surface area contributed by atoms with Crippen LogP contribution in [0, 0.1) is 0 Å². The summed E-state index contributed by atoms with van der Waals surface area (Å²) in [5.74, 6) is -0.191. The van der Waals surface area contributed by atoms with E-state index in [1.54, 1.807) is 18.6 Å². The van der Waals surface area contributed by atoms with Crippen molar-refractivity contribution in [2.75, 3.05) is 4.72 Å². The van der Waals surface area contributed by atoms with Gasteiger partial charge in [-0.05, 0) is 13.8 Å². The molecule has 0 aromatic carbocycles. The van der Waals surface area contributed by atoms with Crippen LogP contribution in [-0.2, 0) is 14.9 Å². The Hall–Kier alpha value is -1.61. The number of rotatable bonds is 4. The zero-order valence-electron chi connectivity index (χ0n) is 9.55. The topological polar surface area (TPSA) is 110 Å². The molecule has 0 aliphatic heterocycles. The van der Waals surface area contributed by atoms with Gasteiger partial charge in [0.2, 0.25) is 0 Å². The number of nitrogens with zero attached hydrogens (tertiary/aromatic N) is 2. The van der Waals surface area contributed by atoms with Crippen molar-refractivity contribution in [3.05, 3.63) is 17.5 Å². The Balaban J connectivity index is 2.72. The molecule has 0 spiro atoms. The molecule has 1 aromatic rings. The molecule has 1 amide bonds. The summed E-state index contributed by atoms with van der Waals surface area (Å²) in [6.07, 6.45) is 0.995. The molecule has 0 fully saturated rings. The minimum absolute atomic E-state index is 0.139. The molecule has 0 saturated carbocycles. The number of aromatic nitrogens is 2. The highest BCUT2D eigenvalue weighted by Crippen LogP contribution is 2.14. The van der Waals surface area contributed by atoms with E-state index in [4.69, 9.17) is 11.6 Å². The standard InChI is InChI=1S/C8H11ClN4O4S/c1-5(2)17-8(14)13-18(15,16)12-7-6(9)10-3-4-11-7/h3-5H,1-2H3,(H,11,12)(H,13,14). The van der Waals surface area contributed by atoms with Crippen molar-refractivity contribution in [1.29, 1.82) is 0 Å². The fraction of sp³-hybridized carbons (Fsp3) is 0.375. The van der Waals surface area contributed by atoms with Crippen LogP contribution in [-0.4, -0.2) is 30.6 Å². The number of hydrogen-bond donors (Lipinski definition) is 2. The molecule has 0 radical (unpaired) electrons. The summed E-state index contributed by atoms with van der Waals surface area (Å²) in [5.41, 5.74) is 0. The van der Waals surface area contributed by atoms with Gasteiger partial charge in [-0.3, -0.25) is 0 Å². The molecule has 2 N–H and O–H groups in total. The summed E-state index contributed by atoms with van der Waals surface area (Å²) in [7, 11) is -4.16. The molecule has 18 heavy (non-hydrogen) atoms. The number of amides is 1. The van der Waals surface area contributed by atoms with Gasteiger partial charge in [-0.15, -0.1) is 0 Å². The van der Waals surface area contributed by atoms with Crippen LogP contribution in [0.1, 0.15) is 13.8 Å². The average Bonchev–Trinajstić information content (AvgIpc) is 2.18. The van der Waals surface area contributed by atoms with E-state index in [1.807, 2.05) is 4.72 Å². The third kappa shape index (κ3) is 4.72. The molecule has 1 rings (SSSR count). The predicted molar refractivity (Wildman–Crippen MR) is 64.3 cm³/mol. The van der Waals surface area contributed by atoms with E-state index in [0.29, 0.717) is 0 Å². The highest BCUT2D eigenvalue weighted by Gasteiger charge is 2.18. The van der Waals surface area contributed by atoms with Crippen molar-refractivity contribution in [3.8, 4) is 0 Å². The van der Waals surface area contributed by atoms with Crippen molar-refractivity contribution >= 4 is 33.7 Å². The average molecular weight is 295 g/mol. The Kier molecular flexibility index (Phi) is 4.68. The summed E-state index contributed by atoms with van der Waals surface area (Å²) in [4.78, 5) is 18.4. The van der Waals surface area contributed by atoms with Gasteiger partial charge in [0, 0.05) is 12.4 Å². The van der Waals surface area contributed by atoms with Crippen LogP contribution in [0.5, 0.6) is 0 Å². The third-order valence-corrected chi connectivity index (χ3v) is 2.62. The lowest BCUT2D eigenvalue weighted by molar-refractivity contribution is 0.121. The Morgan fingerprint density at radius 3 is 2.56 bits per heavy atom. The van der Waals surface area contributed by atoms with Crippen molar-refractivity contribution in [2.45, 2.75) is 20.0 Å². The highest BCUT2D eigenvalue weighted by molar-refractivity contribution is 7.91. The maximum absolute atomic E-state index is 11.5. The zero-order chi connectivity index (χ0) is 13.8. The molecule has 10 heteroatoms. The number of hydrogen-bond acceptors (Lipinski definition) is 6. The second kappa shape index (κ2) is 5.83. The molecule has 8 nitrogen and oxygen atoms in total. The second-order valence-electron chi connectivity index (χ2n) is 3.36. The summed E-state index contributed by atoms with van der Waals surface area (Å²) in [6, 6.07) is 0. The Labute approximate surface area is 109 Å². The first-order chi connectivity index (χ1) is 8.30. The molecule has 0 atom stereocenters. The summed E-state index contributed by atoms with van der Waals surface area (Å²) < 4.78 is 31.2. The first-order valence-corrected chi connectivity index (χ1v) is 6.64. The minimum atomic E-state index is -4.16. The van der Waals surface area contributed by atoms with Gasteiger partial charge >= 0.3 is 16.3 Å². The Morgan fingerprint density at radius 2 is 2.00 bits per heavy atom. The smallest absolute Gasteiger partial charge is 0.422 e. The first-order valence-electron chi connectivity index (χ1n) is 4.78. The fourth-order valence-electron chi connectivity index (χ4n) is 0.890. The van der Waals surface area contributed by atoms with E-state index in [0.717, 1.165) is 0 Å². The summed E-state index contributed by atoms with van der Waals surface area (Å²) in [5, 5.41) is -0.139. The number of halogens is 1. The van der Waals surface area contributed by atoms with E-state index in [-0.39, 0.29) is 11.0 Å². The number of nitrogens with one attached hydrogen (secondary N) is 2. The number of carbonyl (C=O) groups is 1. The molecule has 0 saturated heterocycles. The molecular formula is C8H11ClN4O4S. The normalized spacial score (nSPS) is 11.1. The molecule has 0 bridgehead atoms. The van der Waals surface area contributed by atoms with Gasteiger partial charge in [-0.1, -0.05) is 11.6 Å². The van der Waals surface area contributed by atoms with Gasteiger partial charge in [0.05, 0.1) is 6.10 Å². The monoisotopic (exact) mass is 294 g/mol. The number of carbonyl (C=O) groups excluding carboxylic acids is 1. The fourth-order valence-corrected chi connectivity index (χ4v) is 1.82. The number of anilines is 1. The van der Waals surface area contributed by atoms with Crippen molar-refractivity contribution in [2.24, 2.45) is 0 Å². The van der Waals surface area contributed by atoms with Gasteiger partial charge in [0.15, 0.2) is 11.0 Å². The Bertz CT molecular complexity index is 534. The van der Waals surface area contributed by atoms with Crippen molar-refractivity contribution < 1.29 is 17.9 Å². The molecule has 0 unspecified atom stereocenters. The maximum Gasteiger partial charge on any atom is 0.422 e. The van der Waals surface area contributed by atoms with Crippen LogP contribution in [0.15, 0.2) is 12.4 Å². The van der Waals surface area contributed by atoms with E-state index in [9.17, 15) is 13.2 Å². The largest absolute Gasteiger partial charge is 0.446 e. The van der Waals surface area contributed by atoms with Crippen LogP contribution in [0.2, 0.25) is 5.15 Å². The van der Waals surface area contributed by atoms with Gasteiger partial charge in [-0.25, -0.2) is 24.2 Å². The zero-order valence-corrected chi connectivity index (χ0v) is 11.1. The maximum atomic E-state index is 11.5. The number of ether oxygens (including phenoxy) is 1. The van der Waals surface area contributed by atoms with Crippen LogP contribution >= 0.6 is 11.6 Å². The van der Waals surface area contributed by atoms with Gasteiger partial charge in [0.25, 0.3) is 0 Å². The van der Waals surface area contributed by atoms with Gasteiger partial charge < -0.3 is 4.74 Å². The quantitative estimate of drug-likeness (QED) is 0.854. The van der Waals surface area contributed by atoms with E-state index >= 15 is 0 Å². The molecule has 1 heterocycles. The van der Waals surface area contributed by atoms with Crippen LogP contribution in [0.4, 0.5) is 10.6 Å². The van der Waals surface area contributed by atoms with Crippen molar-refractivity contribution in [3.63, 3.8) is 0 Å². The van der Waals surface area contributed by atoms with Crippen LogP contribution in [0.25, 0.3) is 0 Å². The lowest BCUT2D eigenvalue weighted by Gasteiger charge is -2.11. The minimum Gasteiger partial charge on any atom is -0.446 e. The molecule has 0 aliphatic rings. The van der Waals surface area contributed by atoms with E-state index in [2.05, 4.69) is 14.7 Å². The van der Waals surface area contributed by atoms with E-state index in [1.165, 1.54) is 12.4 Å². The third-order valence-electron chi connectivity index (χ3n) is 1.45. The van der Waals surface area contributed by atoms with Gasteiger partial charge in [0.1, 0.15) is 0 Å². The predicted octanol–water partition coefficient (Wildman–Crippen LogP) is 0.921. The second-order valence-corrected chi connectivity index (χ2v) is 5.13. The Morgan fingerprint density at radius 1 is 1.39 bits per heavy atom.